The molecule has 4 nitrogen and oxygen atoms in total. The van der Waals surface area contributed by atoms with E-state index >= 15 is 0 Å². The Kier molecular flexibility index (Phi) is 5.95. The molecule has 0 aliphatic heterocycles. The standard InChI is InChI=1S/C12H21ClN2O2/c1-4-10-12(13)11(15(5-2)14-10)8-9(16)6-7-17-3/h9,16H,4-8H2,1-3H3. The molecule has 1 heterocycles. The minimum atomic E-state index is -0.431. The molecule has 0 spiro atoms. The third-order valence-corrected chi connectivity index (χ3v) is 3.21. The van der Waals surface area contributed by atoms with Gasteiger partial charge in [0.1, 0.15) is 0 Å². The Morgan fingerprint density at radius 3 is 2.71 bits per heavy atom. The molecular formula is C12H21ClN2O2. The van der Waals surface area contributed by atoms with E-state index in [2.05, 4.69) is 5.10 Å². The second kappa shape index (κ2) is 6.99. The van der Waals surface area contributed by atoms with Crippen LogP contribution in [-0.2, 0) is 24.1 Å². The van der Waals surface area contributed by atoms with Gasteiger partial charge in [-0.3, -0.25) is 4.68 Å². The van der Waals surface area contributed by atoms with Crippen LogP contribution in [-0.4, -0.2) is 34.7 Å². The van der Waals surface area contributed by atoms with Crippen molar-refractivity contribution in [2.24, 2.45) is 0 Å². The number of methoxy groups -OCH3 is 1. The lowest BCUT2D eigenvalue weighted by molar-refractivity contribution is 0.109. The Hall–Kier alpha value is -0.580. The number of halogens is 1. The lowest BCUT2D eigenvalue weighted by atomic mass is 10.1. The predicted octanol–water partition coefficient (Wildman–Crippen LogP) is 2.06. The van der Waals surface area contributed by atoms with Gasteiger partial charge in [0.25, 0.3) is 0 Å². The number of aromatic nitrogens is 2. The summed E-state index contributed by atoms with van der Waals surface area (Å²) in [6.45, 7) is 5.37. The van der Waals surface area contributed by atoms with Gasteiger partial charge >= 0.3 is 0 Å². The van der Waals surface area contributed by atoms with Crippen LogP contribution in [0.3, 0.4) is 0 Å². The molecule has 0 fully saturated rings. The highest BCUT2D eigenvalue weighted by Crippen LogP contribution is 2.23. The monoisotopic (exact) mass is 260 g/mol. The van der Waals surface area contributed by atoms with Crippen LogP contribution < -0.4 is 0 Å². The van der Waals surface area contributed by atoms with Crippen LogP contribution in [0.1, 0.15) is 31.7 Å². The highest BCUT2D eigenvalue weighted by atomic mass is 35.5. The van der Waals surface area contributed by atoms with E-state index in [-0.39, 0.29) is 0 Å². The third-order valence-electron chi connectivity index (χ3n) is 2.78. The highest BCUT2D eigenvalue weighted by Gasteiger charge is 2.17. The van der Waals surface area contributed by atoms with Crippen LogP contribution in [0.25, 0.3) is 0 Å². The van der Waals surface area contributed by atoms with E-state index < -0.39 is 6.10 Å². The fraction of sp³-hybridized carbons (Fsp3) is 0.750. The molecule has 0 saturated heterocycles. The molecule has 0 bridgehead atoms. The molecule has 17 heavy (non-hydrogen) atoms. The van der Waals surface area contributed by atoms with Crippen LogP contribution in [0.2, 0.25) is 5.02 Å². The van der Waals surface area contributed by atoms with Crippen molar-refractivity contribution in [1.29, 1.82) is 0 Å². The summed E-state index contributed by atoms with van der Waals surface area (Å²) < 4.78 is 6.82. The molecule has 0 aliphatic rings. The molecule has 1 aromatic rings. The SMILES string of the molecule is CCc1nn(CC)c(CC(O)CCOC)c1Cl. The van der Waals surface area contributed by atoms with Crippen molar-refractivity contribution >= 4 is 11.6 Å². The zero-order valence-corrected chi connectivity index (χ0v) is 11.5. The summed E-state index contributed by atoms with van der Waals surface area (Å²) in [5.41, 5.74) is 1.83. The van der Waals surface area contributed by atoms with Crippen molar-refractivity contribution in [3.8, 4) is 0 Å². The van der Waals surface area contributed by atoms with Crippen molar-refractivity contribution in [2.45, 2.75) is 45.8 Å². The van der Waals surface area contributed by atoms with Gasteiger partial charge in [-0.05, 0) is 19.8 Å². The molecule has 0 aromatic carbocycles. The first-order valence-electron chi connectivity index (χ1n) is 6.05. The predicted molar refractivity (Wildman–Crippen MR) is 68.5 cm³/mol. The first kappa shape index (κ1) is 14.5. The number of rotatable bonds is 7. The Labute approximate surface area is 108 Å². The minimum absolute atomic E-state index is 0.431. The van der Waals surface area contributed by atoms with E-state index in [0.717, 1.165) is 24.4 Å². The van der Waals surface area contributed by atoms with Gasteiger partial charge in [0.15, 0.2) is 0 Å². The second-order valence-corrected chi connectivity index (χ2v) is 4.39. The van der Waals surface area contributed by atoms with Gasteiger partial charge in [-0.15, -0.1) is 0 Å². The summed E-state index contributed by atoms with van der Waals surface area (Å²) in [6, 6.07) is 0. The number of aliphatic hydroxyl groups is 1. The first-order valence-corrected chi connectivity index (χ1v) is 6.42. The molecule has 1 rings (SSSR count). The largest absolute Gasteiger partial charge is 0.393 e. The number of aryl methyl sites for hydroxylation is 2. The topological polar surface area (TPSA) is 47.3 Å². The van der Waals surface area contributed by atoms with Crippen molar-refractivity contribution in [2.75, 3.05) is 13.7 Å². The summed E-state index contributed by atoms with van der Waals surface area (Å²) in [7, 11) is 1.63. The Bertz CT molecular complexity index is 353. The number of hydrogen-bond acceptors (Lipinski definition) is 3. The summed E-state index contributed by atoms with van der Waals surface area (Å²) in [6.07, 6.45) is 1.53. The molecule has 0 amide bonds. The van der Waals surface area contributed by atoms with Gasteiger partial charge in [-0.2, -0.15) is 5.10 Å². The fourth-order valence-electron chi connectivity index (χ4n) is 1.79. The Morgan fingerprint density at radius 1 is 1.47 bits per heavy atom. The van der Waals surface area contributed by atoms with E-state index in [4.69, 9.17) is 16.3 Å². The van der Waals surface area contributed by atoms with Gasteiger partial charge in [0, 0.05) is 26.7 Å². The van der Waals surface area contributed by atoms with Crippen molar-refractivity contribution in [3.05, 3.63) is 16.4 Å². The average Bonchev–Trinajstić information content (AvgIpc) is 2.63. The van der Waals surface area contributed by atoms with Crippen LogP contribution in [0, 0.1) is 0 Å². The molecule has 1 aromatic heterocycles. The molecule has 0 aliphatic carbocycles. The van der Waals surface area contributed by atoms with Crippen molar-refractivity contribution in [1.82, 2.24) is 9.78 Å². The third kappa shape index (κ3) is 3.69. The van der Waals surface area contributed by atoms with Gasteiger partial charge in [-0.1, -0.05) is 18.5 Å². The maximum Gasteiger partial charge on any atom is 0.0850 e. The lowest BCUT2D eigenvalue weighted by Crippen LogP contribution is -2.16. The minimum Gasteiger partial charge on any atom is -0.393 e. The van der Waals surface area contributed by atoms with Crippen molar-refractivity contribution in [3.63, 3.8) is 0 Å². The number of nitrogens with zero attached hydrogens (tertiary/aromatic N) is 2. The van der Waals surface area contributed by atoms with Crippen LogP contribution in [0.15, 0.2) is 0 Å². The molecule has 1 unspecified atom stereocenters. The number of hydrogen-bond donors (Lipinski definition) is 1. The summed E-state index contributed by atoms with van der Waals surface area (Å²) >= 11 is 6.26. The maximum atomic E-state index is 9.88. The molecule has 98 valence electrons. The van der Waals surface area contributed by atoms with Crippen LogP contribution >= 0.6 is 11.6 Å². The lowest BCUT2D eigenvalue weighted by Gasteiger charge is -2.11. The van der Waals surface area contributed by atoms with Crippen LogP contribution in [0.4, 0.5) is 0 Å². The van der Waals surface area contributed by atoms with Gasteiger partial charge < -0.3 is 9.84 Å². The van der Waals surface area contributed by atoms with E-state index in [0.29, 0.717) is 24.5 Å². The first-order chi connectivity index (χ1) is 8.13. The smallest absolute Gasteiger partial charge is 0.0850 e. The zero-order chi connectivity index (χ0) is 12.8. The molecule has 0 radical (unpaired) electrons. The molecular weight excluding hydrogens is 240 g/mol. The fourth-order valence-corrected chi connectivity index (χ4v) is 2.14. The number of ether oxygens (including phenoxy) is 1. The summed E-state index contributed by atoms with van der Waals surface area (Å²) in [4.78, 5) is 0. The van der Waals surface area contributed by atoms with Crippen molar-refractivity contribution < 1.29 is 9.84 Å². The molecule has 0 saturated carbocycles. The molecule has 1 atom stereocenters. The average molecular weight is 261 g/mol. The van der Waals surface area contributed by atoms with E-state index in [1.54, 1.807) is 7.11 Å². The van der Waals surface area contributed by atoms with Gasteiger partial charge in [0.2, 0.25) is 0 Å². The normalized spacial score (nSPS) is 13.0. The maximum absolute atomic E-state index is 9.88. The molecule has 5 heteroatoms. The van der Waals surface area contributed by atoms with Crippen LogP contribution in [0.5, 0.6) is 0 Å². The second-order valence-electron chi connectivity index (χ2n) is 4.02. The summed E-state index contributed by atoms with van der Waals surface area (Å²) in [5.74, 6) is 0. The van der Waals surface area contributed by atoms with E-state index in [1.807, 2.05) is 18.5 Å². The Morgan fingerprint density at radius 2 is 2.18 bits per heavy atom. The summed E-state index contributed by atoms with van der Waals surface area (Å²) in [5, 5.41) is 15.0. The Balaban J connectivity index is 2.78. The van der Waals surface area contributed by atoms with E-state index in [9.17, 15) is 5.11 Å². The van der Waals surface area contributed by atoms with Gasteiger partial charge in [0.05, 0.1) is 22.5 Å². The number of aliphatic hydroxyl groups excluding tert-OH is 1. The molecule has 1 N–H and O–H groups in total. The highest BCUT2D eigenvalue weighted by molar-refractivity contribution is 6.31. The van der Waals surface area contributed by atoms with Gasteiger partial charge in [-0.25, -0.2) is 0 Å². The quantitative estimate of drug-likeness (QED) is 0.816. The zero-order valence-electron chi connectivity index (χ0n) is 10.7. The van der Waals surface area contributed by atoms with E-state index in [1.165, 1.54) is 0 Å².